The molecular formula is C10H16N2. The van der Waals surface area contributed by atoms with Crippen molar-refractivity contribution in [2.75, 3.05) is 7.05 Å². The molecule has 0 bridgehead atoms. The molecule has 1 aromatic heterocycles. The largest absolute Gasteiger partial charge is 0.317 e. The highest BCUT2D eigenvalue weighted by Gasteiger charge is 2.00. The van der Waals surface area contributed by atoms with E-state index < -0.39 is 0 Å². The molecule has 66 valence electrons. The Bertz CT molecular complexity index is 245. The molecule has 2 nitrogen and oxygen atoms in total. The van der Waals surface area contributed by atoms with Gasteiger partial charge in [-0.3, -0.25) is 4.98 Å². The fourth-order valence-electron chi connectivity index (χ4n) is 1.13. The molecule has 12 heavy (non-hydrogen) atoms. The number of likely N-dealkylation sites (N-methyl/N-ethyl adjacent to an activating group) is 1. The fourth-order valence-corrected chi connectivity index (χ4v) is 1.13. The fraction of sp³-hybridized carbons (Fsp3) is 0.500. The smallest absolute Gasteiger partial charge is 0.0421 e. The summed E-state index contributed by atoms with van der Waals surface area (Å²) in [5.74, 6) is 0. The molecule has 0 fully saturated rings. The third kappa shape index (κ3) is 2.62. The minimum atomic E-state index is 0.499. The monoisotopic (exact) mass is 164 g/mol. The minimum absolute atomic E-state index is 0.499. The normalized spacial score (nSPS) is 12.9. The Balaban J connectivity index is 2.63. The van der Waals surface area contributed by atoms with Gasteiger partial charge in [0.15, 0.2) is 0 Å². The predicted octanol–water partition coefficient (Wildman–Crippen LogP) is 1.54. The first kappa shape index (κ1) is 9.20. The van der Waals surface area contributed by atoms with Gasteiger partial charge in [-0.15, -0.1) is 0 Å². The van der Waals surface area contributed by atoms with Gasteiger partial charge in [0, 0.05) is 24.4 Å². The lowest BCUT2D eigenvalue weighted by Gasteiger charge is -2.08. The zero-order chi connectivity index (χ0) is 8.97. The van der Waals surface area contributed by atoms with Crippen molar-refractivity contribution in [1.29, 1.82) is 0 Å². The van der Waals surface area contributed by atoms with E-state index in [1.165, 1.54) is 5.56 Å². The van der Waals surface area contributed by atoms with Gasteiger partial charge in [0.2, 0.25) is 0 Å². The number of pyridine rings is 1. The van der Waals surface area contributed by atoms with Crippen LogP contribution >= 0.6 is 0 Å². The molecule has 2 heteroatoms. The molecule has 0 radical (unpaired) electrons. The Labute approximate surface area is 74.0 Å². The quantitative estimate of drug-likeness (QED) is 0.733. The van der Waals surface area contributed by atoms with Gasteiger partial charge in [0.05, 0.1) is 0 Å². The third-order valence-corrected chi connectivity index (χ3v) is 1.98. The third-order valence-electron chi connectivity index (χ3n) is 1.98. The maximum absolute atomic E-state index is 4.29. The molecule has 0 aliphatic rings. The van der Waals surface area contributed by atoms with Crippen LogP contribution < -0.4 is 5.32 Å². The van der Waals surface area contributed by atoms with E-state index >= 15 is 0 Å². The Morgan fingerprint density at radius 2 is 2.33 bits per heavy atom. The van der Waals surface area contributed by atoms with E-state index in [4.69, 9.17) is 0 Å². The second-order valence-electron chi connectivity index (χ2n) is 3.22. The molecular weight excluding hydrogens is 148 g/mol. The Morgan fingerprint density at radius 3 is 2.92 bits per heavy atom. The first-order valence-corrected chi connectivity index (χ1v) is 4.31. The maximum Gasteiger partial charge on any atom is 0.0421 e. The maximum atomic E-state index is 4.29. The SMILES string of the molecule is CNC(C)Cc1cc(C)ccn1. The van der Waals surface area contributed by atoms with E-state index in [0.29, 0.717) is 6.04 Å². The molecule has 0 aliphatic carbocycles. The molecule has 0 amide bonds. The van der Waals surface area contributed by atoms with E-state index in [9.17, 15) is 0 Å². The van der Waals surface area contributed by atoms with E-state index in [-0.39, 0.29) is 0 Å². The van der Waals surface area contributed by atoms with Gasteiger partial charge in [0.25, 0.3) is 0 Å². The Morgan fingerprint density at radius 1 is 1.58 bits per heavy atom. The molecule has 1 N–H and O–H groups in total. The van der Waals surface area contributed by atoms with Crippen molar-refractivity contribution in [3.8, 4) is 0 Å². The van der Waals surface area contributed by atoms with E-state index in [2.05, 4.69) is 30.2 Å². The van der Waals surface area contributed by atoms with E-state index in [0.717, 1.165) is 12.1 Å². The van der Waals surface area contributed by atoms with Gasteiger partial charge in [-0.1, -0.05) is 0 Å². The molecule has 0 saturated heterocycles. The Kier molecular flexibility index (Phi) is 3.23. The Hall–Kier alpha value is -0.890. The standard InChI is InChI=1S/C10H16N2/c1-8-4-5-12-10(6-8)7-9(2)11-3/h4-6,9,11H,7H2,1-3H3. The lowest BCUT2D eigenvalue weighted by molar-refractivity contribution is 0.600. The zero-order valence-corrected chi connectivity index (χ0v) is 7.96. The van der Waals surface area contributed by atoms with Crippen LogP contribution in [0.15, 0.2) is 18.3 Å². The summed E-state index contributed by atoms with van der Waals surface area (Å²) in [5, 5.41) is 3.19. The summed E-state index contributed by atoms with van der Waals surface area (Å²) in [6.45, 7) is 4.25. The zero-order valence-electron chi connectivity index (χ0n) is 7.96. The van der Waals surface area contributed by atoms with Crippen LogP contribution in [0.25, 0.3) is 0 Å². The average Bonchev–Trinajstić information content (AvgIpc) is 2.04. The van der Waals surface area contributed by atoms with Crippen LogP contribution in [0.1, 0.15) is 18.2 Å². The lowest BCUT2D eigenvalue weighted by Crippen LogP contribution is -2.23. The number of aryl methyl sites for hydroxylation is 1. The second-order valence-corrected chi connectivity index (χ2v) is 3.22. The summed E-state index contributed by atoms with van der Waals surface area (Å²) in [4.78, 5) is 4.29. The van der Waals surface area contributed by atoms with Crippen LogP contribution in [-0.4, -0.2) is 18.1 Å². The first-order valence-electron chi connectivity index (χ1n) is 4.31. The molecule has 1 rings (SSSR count). The summed E-state index contributed by atoms with van der Waals surface area (Å²) in [6, 6.07) is 4.65. The van der Waals surface area contributed by atoms with Crippen molar-refractivity contribution in [2.45, 2.75) is 26.3 Å². The molecule has 0 aromatic carbocycles. The summed E-state index contributed by atoms with van der Waals surface area (Å²) in [5.41, 5.74) is 2.44. The van der Waals surface area contributed by atoms with Crippen molar-refractivity contribution >= 4 is 0 Å². The van der Waals surface area contributed by atoms with Gasteiger partial charge in [0.1, 0.15) is 0 Å². The number of aromatic nitrogens is 1. The summed E-state index contributed by atoms with van der Waals surface area (Å²) in [6.07, 6.45) is 2.87. The molecule has 1 atom stereocenters. The molecule has 1 heterocycles. The number of rotatable bonds is 3. The minimum Gasteiger partial charge on any atom is -0.317 e. The summed E-state index contributed by atoms with van der Waals surface area (Å²) < 4.78 is 0. The molecule has 1 aromatic rings. The highest BCUT2D eigenvalue weighted by molar-refractivity contribution is 5.14. The van der Waals surface area contributed by atoms with E-state index in [1.807, 2.05) is 19.3 Å². The number of hydrogen-bond donors (Lipinski definition) is 1. The number of hydrogen-bond acceptors (Lipinski definition) is 2. The van der Waals surface area contributed by atoms with Crippen LogP contribution in [-0.2, 0) is 6.42 Å². The van der Waals surface area contributed by atoms with Gasteiger partial charge >= 0.3 is 0 Å². The van der Waals surface area contributed by atoms with Crippen molar-refractivity contribution < 1.29 is 0 Å². The van der Waals surface area contributed by atoms with Crippen LogP contribution in [0.3, 0.4) is 0 Å². The van der Waals surface area contributed by atoms with Gasteiger partial charge < -0.3 is 5.32 Å². The highest BCUT2D eigenvalue weighted by Crippen LogP contribution is 2.02. The topological polar surface area (TPSA) is 24.9 Å². The summed E-state index contributed by atoms with van der Waals surface area (Å²) >= 11 is 0. The second kappa shape index (κ2) is 4.21. The van der Waals surface area contributed by atoms with Crippen LogP contribution in [0.4, 0.5) is 0 Å². The van der Waals surface area contributed by atoms with Crippen molar-refractivity contribution in [2.24, 2.45) is 0 Å². The molecule has 0 spiro atoms. The summed E-state index contributed by atoms with van der Waals surface area (Å²) in [7, 11) is 1.97. The molecule has 1 unspecified atom stereocenters. The van der Waals surface area contributed by atoms with Crippen molar-refractivity contribution in [3.63, 3.8) is 0 Å². The van der Waals surface area contributed by atoms with Gasteiger partial charge in [-0.05, 0) is 38.6 Å². The lowest BCUT2D eigenvalue weighted by atomic mass is 10.1. The highest BCUT2D eigenvalue weighted by atomic mass is 14.9. The van der Waals surface area contributed by atoms with Crippen molar-refractivity contribution in [1.82, 2.24) is 10.3 Å². The average molecular weight is 164 g/mol. The molecule has 0 aliphatic heterocycles. The molecule has 0 saturated carbocycles. The number of nitrogens with zero attached hydrogens (tertiary/aromatic N) is 1. The van der Waals surface area contributed by atoms with Crippen LogP contribution in [0.2, 0.25) is 0 Å². The van der Waals surface area contributed by atoms with Crippen molar-refractivity contribution in [3.05, 3.63) is 29.6 Å². The van der Waals surface area contributed by atoms with Crippen LogP contribution in [0, 0.1) is 6.92 Å². The van der Waals surface area contributed by atoms with Gasteiger partial charge in [-0.25, -0.2) is 0 Å². The first-order chi connectivity index (χ1) is 5.72. The predicted molar refractivity (Wildman–Crippen MR) is 51.2 cm³/mol. The van der Waals surface area contributed by atoms with Gasteiger partial charge in [-0.2, -0.15) is 0 Å². The van der Waals surface area contributed by atoms with Crippen LogP contribution in [0.5, 0.6) is 0 Å². The number of nitrogens with one attached hydrogen (secondary N) is 1. The van der Waals surface area contributed by atoms with E-state index in [1.54, 1.807) is 0 Å².